The molecule has 5 rings (SSSR count). The lowest BCUT2D eigenvalue weighted by molar-refractivity contribution is 0.0537. The number of nitrogens with zero attached hydrogens (tertiary/aromatic N) is 5. The van der Waals surface area contributed by atoms with Crippen LogP contribution in [-0.2, 0) is 4.74 Å². The molecule has 3 aliphatic rings. The molecule has 2 aromatic rings. The highest BCUT2D eigenvalue weighted by molar-refractivity contribution is 6.06. The molecule has 0 unspecified atom stereocenters. The van der Waals surface area contributed by atoms with E-state index in [1.165, 1.54) is 25.0 Å². The predicted octanol–water partition coefficient (Wildman–Crippen LogP) is 5.85. The van der Waals surface area contributed by atoms with Gasteiger partial charge >= 0.3 is 6.02 Å². The largest absolute Gasteiger partial charge is 0.424 e. The van der Waals surface area contributed by atoms with Gasteiger partial charge in [-0.1, -0.05) is 62.2 Å². The minimum Gasteiger partial charge on any atom is -0.424 e. The highest BCUT2D eigenvalue weighted by atomic mass is 16.5. The van der Waals surface area contributed by atoms with Crippen LogP contribution >= 0.6 is 0 Å². The summed E-state index contributed by atoms with van der Waals surface area (Å²) in [6.07, 6.45) is 12.0. The Morgan fingerprint density at radius 2 is 1.80 bits per heavy atom. The van der Waals surface area contributed by atoms with Crippen LogP contribution in [0.4, 0.5) is 0 Å². The van der Waals surface area contributed by atoms with Crippen LogP contribution in [0.15, 0.2) is 93.3 Å². The average molecular weight is 541 g/mol. The van der Waals surface area contributed by atoms with E-state index in [9.17, 15) is 0 Å². The number of morpholine rings is 1. The van der Waals surface area contributed by atoms with E-state index >= 15 is 0 Å². The molecule has 0 atom stereocenters. The van der Waals surface area contributed by atoms with Gasteiger partial charge in [-0.3, -0.25) is 0 Å². The molecule has 1 saturated carbocycles. The zero-order chi connectivity index (χ0) is 27.7. The first-order valence-corrected chi connectivity index (χ1v) is 14.3. The highest BCUT2D eigenvalue weighted by Crippen LogP contribution is 2.26. The molecule has 0 spiro atoms. The predicted molar refractivity (Wildman–Crippen MR) is 164 cm³/mol. The van der Waals surface area contributed by atoms with E-state index in [4.69, 9.17) is 24.5 Å². The molecule has 0 bridgehead atoms. The van der Waals surface area contributed by atoms with Crippen molar-refractivity contribution in [3.8, 4) is 5.75 Å². The van der Waals surface area contributed by atoms with Crippen molar-refractivity contribution < 1.29 is 9.47 Å². The van der Waals surface area contributed by atoms with E-state index < -0.39 is 0 Å². The first kappa shape index (κ1) is 27.6. The fourth-order valence-electron chi connectivity index (χ4n) is 5.24. The third-order valence-electron chi connectivity index (χ3n) is 7.61. The van der Waals surface area contributed by atoms with Crippen LogP contribution in [0.1, 0.15) is 46.0 Å². The summed E-state index contributed by atoms with van der Waals surface area (Å²) in [5.74, 6) is 1.22. The fourth-order valence-corrected chi connectivity index (χ4v) is 5.24. The molecule has 8 nitrogen and oxygen atoms in total. The van der Waals surface area contributed by atoms with Gasteiger partial charge in [-0.15, -0.1) is 0 Å². The van der Waals surface area contributed by atoms with Gasteiger partial charge in [0.05, 0.1) is 19.6 Å². The number of fused-ring (bicyclic) bond motifs is 1. The number of aliphatic imine (C=N–C) groups is 3. The second kappa shape index (κ2) is 13.4. The first-order chi connectivity index (χ1) is 19.6. The Labute approximate surface area is 237 Å². The molecule has 2 fully saturated rings. The van der Waals surface area contributed by atoms with Crippen LogP contribution in [0.3, 0.4) is 0 Å². The summed E-state index contributed by atoms with van der Waals surface area (Å²) in [5, 5.41) is 5.51. The number of hydrogen-bond acceptors (Lipinski definition) is 8. The van der Waals surface area contributed by atoms with Crippen LogP contribution in [-0.4, -0.2) is 67.0 Å². The van der Waals surface area contributed by atoms with Crippen molar-refractivity contribution in [1.82, 2.24) is 15.1 Å². The molecule has 1 N–H and O–H groups in total. The third-order valence-corrected chi connectivity index (χ3v) is 7.61. The van der Waals surface area contributed by atoms with Crippen LogP contribution in [0, 0.1) is 0 Å². The fraction of sp³-hybridized carbons (Fsp3) is 0.406. The molecule has 2 aliphatic heterocycles. The smallest absolute Gasteiger partial charge is 0.321 e. The molecular weight excluding hydrogens is 500 g/mol. The highest BCUT2D eigenvalue weighted by Gasteiger charge is 2.21. The summed E-state index contributed by atoms with van der Waals surface area (Å²) >= 11 is 0. The van der Waals surface area contributed by atoms with E-state index in [2.05, 4.69) is 52.9 Å². The third kappa shape index (κ3) is 7.18. The van der Waals surface area contributed by atoms with Crippen LogP contribution < -0.4 is 10.1 Å². The Bertz CT molecular complexity index is 1340. The van der Waals surface area contributed by atoms with Crippen molar-refractivity contribution in [2.24, 2.45) is 15.0 Å². The zero-order valence-electron chi connectivity index (χ0n) is 23.7. The molecular formula is C32H40N6O2. The van der Waals surface area contributed by atoms with Crippen molar-refractivity contribution >= 4 is 29.0 Å². The Kier molecular flexibility index (Phi) is 9.29. The zero-order valence-corrected chi connectivity index (χ0v) is 23.7. The molecule has 40 heavy (non-hydrogen) atoms. The molecule has 0 amide bonds. The van der Waals surface area contributed by atoms with Crippen LogP contribution in [0.25, 0.3) is 10.8 Å². The monoisotopic (exact) mass is 540 g/mol. The molecule has 1 aliphatic carbocycles. The Morgan fingerprint density at radius 1 is 1.02 bits per heavy atom. The van der Waals surface area contributed by atoms with E-state index in [0.717, 1.165) is 55.6 Å². The summed E-state index contributed by atoms with van der Waals surface area (Å²) in [5.41, 5.74) is 2.64. The topological polar surface area (TPSA) is 74.0 Å². The lowest BCUT2D eigenvalue weighted by atomic mass is 9.95. The maximum absolute atomic E-state index is 6.38. The number of rotatable bonds is 5. The van der Waals surface area contributed by atoms with Crippen LogP contribution in [0.5, 0.6) is 5.75 Å². The molecule has 0 radical (unpaired) electrons. The van der Waals surface area contributed by atoms with Crippen molar-refractivity contribution in [2.45, 2.75) is 52.0 Å². The Morgan fingerprint density at radius 3 is 2.62 bits per heavy atom. The molecule has 210 valence electrons. The summed E-state index contributed by atoms with van der Waals surface area (Å²) in [7, 11) is 0. The van der Waals surface area contributed by atoms with Crippen LogP contribution in [0.2, 0.25) is 0 Å². The quantitative estimate of drug-likeness (QED) is 0.482. The summed E-state index contributed by atoms with van der Waals surface area (Å²) in [6, 6.07) is 14.9. The molecule has 8 heteroatoms. The molecule has 1 saturated heterocycles. The Hall–Kier alpha value is -3.91. The average Bonchev–Trinajstić information content (AvgIpc) is 3.07. The standard InChI is InChI=1S/C32H40N6O2/c1-24(16-17-25(2)37-18-20-39-21-19-37)35-31-26(3)33-22-38(28-12-5-4-6-13-28)23-34-32(36-31)40-30-15-9-11-27-10-7-8-14-29(27)30/h7-11,14-17,22,28H,3-6,12-13,18-21,23H2,1-2H3,(H,34,35,36)/b24-16+,25-17+,33-22?. The van der Waals surface area contributed by atoms with Gasteiger partial charge in [-0.2, -0.15) is 4.99 Å². The molecule has 0 aromatic heterocycles. The summed E-state index contributed by atoms with van der Waals surface area (Å²) in [4.78, 5) is 18.9. The lowest BCUT2D eigenvalue weighted by Crippen LogP contribution is -2.36. The molecule has 2 heterocycles. The second-order valence-electron chi connectivity index (χ2n) is 10.5. The number of hydrogen-bond donors (Lipinski definition) is 1. The maximum Gasteiger partial charge on any atom is 0.321 e. The number of ether oxygens (including phenoxy) is 2. The first-order valence-electron chi connectivity index (χ1n) is 14.3. The number of nitrogens with one attached hydrogen (secondary N) is 1. The van der Waals surface area contributed by atoms with Crippen molar-refractivity contribution in [2.75, 3.05) is 33.0 Å². The van der Waals surface area contributed by atoms with E-state index in [1.807, 2.05) is 43.6 Å². The van der Waals surface area contributed by atoms with Crippen molar-refractivity contribution in [3.63, 3.8) is 0 Å². The normalized spacial score (nSPS) is 20.0. The van der Waals surface area contributed by atoms with E-state index in [1.54, 1.807) is 0 Å². The molecule has 2 aromatic carbocycles. The maximum atomic E-state index is 6.38. The van der Waals surface area contributed by atoms with Crippen molar-refractivity contribution in [1.29, 1.82) is 0 Å². The van der Waals surface area contributed by atoms with Gasteiger partial charge in [-0.25, -0.2) is 9.98 Å². The summed E-state index contributed by atoms with van der Waals surface area (Å²) < 4.78 is 11.9. The van der Waals surface area contributed by atoms with Gasteiger partial charge in [-0.05, 0) is 50.3 Å². The Balaban J connectivity index is 1.42. The minimum absolute atomic E-state index is 0.277. The van der Waals surface area contributed by atoms with Gasteiger partial charge in [0, 0.05) is 35.9 Å². The van der Waals surface area contributed by atoms with Crippen molar-refractivity contribution in [3.05, 3.63) is 78.3 Å². The van der Waals surface area contributed by atoms with Gasteiger partial charge in [0.1, 0.15) is 18.1 Å². The minimum atomic E-state index is 0.277. The van der Waals surface area contributed by atoms with Gasteiger partial charge in [0.15, 0.2) is 5.84 Å². The van der Waals surface area contributed by atoms with Gasteiger partial charge < -0.3 is 24.6 Å². The SMILES string of the molecule is C=C1N=CN(C2CCCCC2)CN=C(Oc2cccc3ccccc23)N=C1N/C(C)=C/C=C(\C)N1CCOCC1. The van der Waals surface area contributed by atoms with E-state index in [-0.39, 0.29) is 6.02 Å². The number of benzene rings is 2. The van der Waals surface area contributed by atoms with Gasteiger partial charge in [0.25, 0.3) is 0 Å². The number of amidine groups is 2. The summed E-state index contributed by atoms with van der Waals surface area (Å²) in [6.45, 7) is 12.1. The number of allylic oxidation sites excluding steroid dienone is 4. The lowest BCUT2D eigenvalue weighted by Gasteiger charge is -2.31. The van der Waals surface area contributed by atoms with E-state index in [0.29, 0.717) is 30.0 Å². The second-order valence-corrected chi connectivity index (χ2v) is 10.5. The van der Waals surface area contributed by atoms with Gasteiger partial charge in [0.2, 0.25) is 0 Å².